The third-order valence-electron chi connectivity index (χ3n) is 3.81. The van der Waals surface area contributed by atoms with E-state index in [9.17, 15) is 39.7 Å². The smallest absolute Gasteiger partial charge is 0.444 e. The molecule has 164 valence electrons. The Morgan fingerprint density at radius 1 is 1.24 bits per heavy atom. The Kier molecular flexibility index (Phi) is 5.84. The van der Waals surface area contributed by atoms with Crippen LogP contribution in [0.3, 0.4) is 0 Å². The third kappa shape index (κ3) is 4.91. The number of alkyl halides is 5. The highest BCUT2D eigenvalue weighted by atomic mass is 32.2. The van der Waals surface area contributed by atoms with Crippen LogP contribution in [0.4, 0.5) is 31.3 Å². The van der Waals surface area contributed by atoms with Crippen LogP contribution in [0.1, 0.15) is 37.9 Å². The lowest BCUT2D eigenvalue weighted by atomic mass is 10.1. The summed E-state index contributed by atoms with van der Waals surface area (Å²) in [6, 6.07) is -1.77. The summed E-state index contributed by atoms with van der Waals surface area (Å²) in [6.45, 7) is 2.12. The van der Waals surface area contributed by atoms with Crippen molar-refractivity contribution in [2.24, 2.45) is 0 Å². The molecule has 1 amide bonds. The first kappa shape index (κ1) is 23.2. The first-order valence-electron chi connectivity index (χ1n) is 7.99. The van der Waals surface area contributed by atoms with Crippen molar-refractivity contribution in [3.63, 3.8) is 0 Å². The standard InChI is InChI=1S/C15H17F6N2O5S/c1-13(2,3)27-12(24)23-7-9-6-22(8-14(16,17)18)5-4-10(9)11(23)15(19,20)29(25,26)28-21/h4-6,11H,7-8H2,1-3H3/q+1. The van der Waals surface area contributed by atoms with Crippen LogP contribution in [0.25, 0.3) is 0 Å². The number of carbonyl (C=O) groups is 1. The Labute approximate surface area is 161 Å². The average molecular weight is 451 g/mol. The summed E-state index contributed by atoms with van der Waals surface area (Å²) in [5.74, 6) is 0. The van der Waals surface area contributed by atoms with Crippen LogP contribution in [0.2, 0.25) is 0 Å². The zero-order valence-corrected chi connectivity index (χ0v) is 16.2. The maximum atomic E-state index is 14.6. The van der Waals surface area contributed by atoms with E-state index in [1.165, 1.54) is 20.8 Å². The highest BCUT2D eigenvalue weighted by Gasteiger charge is 2.61. The van der Waals surface area contributed by atoms with E-state index in [1.54, 1.807) is 0 Å². The number of hydrogen-bond donors (Lipinski definition) is 0. The summed E-state index contributed by atoms with van der Waals surface area (Å²) in [5.41, 5.74) is -1.83. The van der Waals surface area contributed by atoms with Crippen molar-refractivity contribution in [3.8, 4) is 0 Å². The molecule has 0 bridgehead atoms. The molecule has 0 aromatic carbocycles. The van der Waals surface area contributed by atoms with Gasteiger partial charge in [-0.25, -0.2) is 4.79 Å². The Morgan fingerprint density at radius 2 is 1.83 bits per heavy atom. The summed E-state index contributed by atoms with van der Waals surface area (Å²) in [6.07, 6.45) is -4.34. The van der Waals surface area contributed by atoms with Gasteiger partial charge >= 0.3 is 27.6 Å². The Hall–Kier alpha value is -2.09. The number of ether oxygens (including phenoxy) is 1. The van der Waals surface area contributed by atoms with Gasteiger partial charge in [0.25, 0.3) is 0 Å². The SMILES string of the molecule is CC(C)(C)OC(=O)N1Cc2c[n+](CC(F)(F)F)ccc2C1C(F)(F)S(=O)(=O)OF. The molecule has 0 spiro atoms. The van der Waals surface area contributed by atoms with Gasteiger partial charge in [0.15, 0.2) is 12.4 Å². The topological polar surface area (TPSA) is 76.8 Å². The number of nitrogens with zero attached hydrogens (tertiary/aromatic N) is 2. The van der Waals surface area contributed by atoms with Gasteiger partial charge in [0.2, 0.25) is 6.54 Å². The van der Waals surface area contributed by atoms with Crippen molar-refractivity contribution < 1.29 is 53.4 Å². The van der Waals surface area contributed by atoms with Gasteiger partial charge in [-0.2, -0.15) is 34.9 Å². The quantitative estimate of drug-likeness (QED) is 0.519. The molecule has 0 saturated heterocycles. The maximum Gasteiger partial charge on any atom is 0.448 e. The van der Waals surface area contributed by atoms with E-state index in [4.69, 9.17) is 4.74 Å². The fraction of sp³-hybridized carbons (Fsp3) is 0.600. The van der Waals surface area contributed by atoms with Crippen molar-refractivity contribution in [2.75, 3.05) is 0 Å². The fourth-order valence-electron chi connectivity index (χ4n) is 2.78. The molecule has 0 fully saturated rings. The molecule has 1 aromatic rings. The van der Waals surface area contributed by atoms with Gasteiger partial charge in [0.1, 0.15) is 11.6 Å². The number of hydrogen-bond acceptors (Lipinski definition) is 5. The second-order valence-corrected chi connectivity index (χ2v) is 8.88. The highest BCUT2D eigenvalue weighted by Crippen LogP contribution is 2.47. The minimum absolute atomic E-state index is 0.193. The number of amides is 1. The van der Waals surface area contributed by atoms with Gasteiger partial charge < -0.3 is 4.74 Å². The second-order valence-electron chi connectivity index (χ2n) is 7.30. The van der Waals surface area contributed by atoms with E-state index in [1.807, 2.05) is 0 Å². The zero-order valence-electron chi connectivity index (χ0n) is 15.3. The first-order valence-corrected chi connectivity index (χ1v) is 9.40. The lowest BCUT2D eigenvalue weighted by molar-refractivity contribution is -0.719. The van der Waals surface area contributed by atoms with Gasteiger partial charge in [-0.3, -0.25) is 4.90 Å². The molecule has 29 heavy (non-hydrogen) atoms. The van der Waals surface area contributed by atoms with E-state index in [0.29, 0.717) is 9.47 Å². The maximum absolute atomic E-state index is 14.6. The van der Waals surface area contributed by atoms with E-state index in [2.05, 4.69) is 4.39 Å². The lowest BCUT2D eigenvalue weighted by Crippen LogP contribution is -2.46. The highest BCUT2D eigenvalue weighted by molar-refractivity contribution is 7.87. The van der Waals surface area contributed by atoms with Crippen LogP contribution in [0.15, 0.2) is 18.5 Å². The summed E-state index contributed by atoms with van der Waals surface area (Å²) < 4.78 is 110. The molecule has 1 aliphatic rings. The van der Waals surface area contributed by atoms with Crippen molar-refractivity contribution in [2.45, 2.75) is 56.9 Å². The summed E-state index contributed by atoms with van der Waals surface area (Å²) in [7, 11) is -6.11. The minimum Gasteiger partial charge on any atom is -0.444 e. The van der Waals surface area contributed by atoms with E-state index in [0.717, 1.165) is 18.5 Å². The predicted molar refractivity (Wildman–Crippen MR) is 83.3 cm³/mol. The van der Waals surface area contributed by atoms with Gasteiger partial charge in [-0.1, -0.05) is 4.39 Å². The average Bonchev–Trinajstić information content (AvgIpc) is 2.90. The fourth-order valence-corrected chi connectivity index (χ4v) is 3.39. The molecule has 1 unspecified atom stereocenters. The van der Waals surface area contributed by atoms with E-state index >= 15 is 0 Å². The van der Waals surface area contributed by atoms with Crippen molar-refractivity contribution in [1.29, 1.82) is 0 Å². The van der Waals surface area contributed by atoms with Crippen LogP contribution in [0, 0.1) is 0 Å². The molecule has 1 aromatic heterocycles. The molecule has 7 nitrogen and oxygen atoms in total. The van der Waals surface area contributed by atoms with E-state index in [-0.39, 0.29) is 5.56 Å². The van der Waals surface area contributed by atoms with Gasteiger partial charge in [-0.15, -0.1) is 0 Å². The number of rotatable bonds is 4. The van der Waals surface area contributed by atoms with E-state index < -0.39 is 57.9 Å². The summed E-state index contributed by atoms with van der Waals surface area (Å²) >= 11 is 0. The van der Waals surface area contributed by atoms with Crippen LogP contribution >= 0.6 is 0 Å². The summed E-state index contributed by atoms with van der Waals surface area (Å²) in [5, 5.41) is -4.96. The van der Waals surface area contributed by atoms with Crippen molar-refractivity contribution in [1.82, 2.24) is 4.90 Å². The lowest BCUT2D eigenvalue weighted by Gasteiger charge is -2.31. The van der Waals surface area contributed by atoms with Crippen molar-refractivity contribution >= 4 is 16.2 Å². The Bertz CT molecular complexity index is 897. The molecule has 0 aliphatic carbocycles. The first-order chi connectivity index (χ1) is 13.0. The third-order valence-corrected chi connectivity index (χ3v) is 4.87. The van der Waals surface area contributed by atoms with Gasteiger partial charge in [0.05, 0.1) is 6.54 Å². The molecule has 1 atom stereocenters. The molecule has 0 N–H and O–H groups in total. The monoisotopic (exact) mass is 451 g/mol. The zero-order chi connectivity index (χ0) is 22.4. The van der Waals surface area contributed by atoms with Crippen LogP contribution in [-0.4, -0.2) is 36.4 Å². The molecule has 0 saturated carbocycles. The number of carbonyl (C=O) groups excluding carboxylic acids is 1. The molecule has 2 rings (SSSR count). The molecular weight excluding hydrogens is 434 g/mol. The molecular formula is C15H17F6N2O5S+. The predicted octanol–water partition coefficient (Wildman–Crippen LogP) is 3.15. The Morgan fingerprint density at radius 3 is 2.31 bits per heavy atom. The normalized spacial score (nSPS) is 18.0. The van der Waals surface area contributed by atoms with Crippen LogP contribution in [-0.2, 0) is 32.3 Å². The summed E-state index contributed by atoms with van der Waals surface area (Å²) in [4.78, 5) is 12.7. The van der Waals surface area contributed by atoms with Crippen molar-refractivity contribution in [3.05, 3.63) is 29.6 Å². The van der Waals surface area contributed by atoms with Gasteiger partial charge in [-0.05, 0) is 30.9 Å². The Balaban J connectivity index is 2.55. The number of fused-ring (bicyclic) bond motifs is 1. The molecule has 0 radical (unpaired) electrons. The second kappa shape index (κ2) is 7.31. The molecule has 2 heterocycles. The number of aromatic nitrogens is 1. The minimum atomic E-state index is -6.11. The number of pyridine rings is 1. The number of halogens is 6. The van der Waals surface area contributed by atoms with Gasteiger partial charge in [0, 0.05) is 11.6 Å². The molecule has 1 aliphatic heterocycles. The van der Waals surface area contributed by atoms with Crippen LogP contribution in [0.5, 0.6) is 0 Å². The molecule has 14 heteroatoms. The van der Waals surface area contributed by atoms with Crippen LogP contribution < -0.4 is 4.57 Å². The largest absolute Gasteiger partial charge is 0.448 e.